The average molecular weight is 353 g/mol. The van der Waals surface area contributed by atoms with Crippen molar-refractivity contribution in [3.63, 3.8) is 0 Å². The van der Waals surface area contributed by atoms with Crippen molar-refractivity contribution >= 4 is 29.1 Å². The zero-order valence-corrected chi connectivity index (χ0v) is 15.2. The van der Waals surface area contributed by atoms with Gasteiger partial charge in [-0.3, -0.25) is 0 Å². The predicted molar refractivity (Wildman–Crippen MR) is 108 cm³/mol. The van der Waals surface area contributed by atoms with Gasteiger partial charge in [-0.05, 0) is 42.2 Å². The molecule has 0 aromatic heterocycles. The number of piperazine rings is 1. The number of benzene rings is 2. The normalized spacial score (nSPS) is 14.6. The number of nitrogens with one attached hydrogen (secondary N) is 1. The number of thiocarbonyl (C=S) groups is 1. The number of para-hydroxylation sites is 2. The van der Waals surface area contributed by atoms with Crippen LogP contribution in [0, 0.1) is 0 Å². The van der Waals surface area contributed by atoms with Crippen LogP contribution in [-0.4, -0.2) is 48.2 Å². The second kappa shape index (κ2) is 8.53. The molecule has 1 heterocycles. The number of hydrogen-bond acceptors (Lipinski definition) is 3. The largest absolute Gasteiger partial charge is 0.495 e. The van der Waals surface area contributed by atoms with E-state index in [9.17, 15) is 0 Å². The van der Waals surface area contributed by atoms with Crippen LogP contribution in [0.15, 0.2) is 60.8 Å². The van der Waals surface area contributed by atoms with E-state index in [1.54, 1.807) is 7.11 Å². The lowest BCUT2D eigenvalue weighted by atomic mass is 10.2. The van der Waals surface area contributed by atoms with Crippen molar-refractivity contribution in [2.45, 2.75) is 0 Å². The predicted octanol–water partition coefficient (Wildman–Crippen LogP) is 3.68. The Bertz CT molecular complexity index is 725. The molecule has 1 saturated heterocycles. The van der Waals surface area contributed by atoms with Gasteiger partial charge in [0.2, 0.25) is 0 Å². The topological polar surface area (TPSA) is 27.7 Å². The van der Waals surface area contributed by atoms with Gasteiger partial charge in [-0.2, -0.15) is 0 Å². The Kier molecular flexibility index (Phi) is 5.90. The van der Waals surface area contributed by atoms with Crippen LogP contribution in [0.4, 0.5) is 5.69 Å². The molecule has 0 spiro atoms. The lowest BCUT2D eigenvalue weighted by molar-refractivity contribution is 0.241. The molecule has 0 aliphatic carbocycles. The third-order valence-electron chi connectivity index (χ3n) is 4.23. The minimum atomic E-state index is 0.746. The molecule has 130 valence electrons. The summed E-state index contributed by atoms with van der Waals surface area (Å²) in [5.41, 5.74) is 2.12. The highest BCUT2D eigenvalue weighted by atomic mass is 32.1. The number of anilines is 1. The highest BCUT2D eigenvalue weighted by molar-refractivity contribution is 7.80. The minimum Gasteiger partial charge on any atom is -0.495 e. The summed E-state index contributed by atoms with van der Waals surface area (Å²) in [4.78, 5) is 4.53. The van der Waals surface area contributed by atoms with E-state index in [4.69, 9.17) is 17.0 Å². The van der Waals surface area contributed by atoms with Crippen LogP contribution < -0.4 is 10.1 Å². The molecule has 25 heavy (non-hydrogen) atoms. The maximum atomic E-state index is 5.57. The zero-order valence-electron chi connectivity index (χ0n) is 14.4. The van der Waals surface area contributed by atoms with Gasteiger partial charge in [0.25, 0.3) is 0 Å². The van der Waals surface area contributed by atoms with Crippen molar-refractivity contribution in [3.05, 3.63) is 66.4 Å². The summed E-state index contributed by atoms with van der Waals surface area (Å²) in [6.07, 6.45) is 4.32. The average Bonchev–Trinajstić information content (AvgIpc) is 2.68. The van der Waals surface area contributed by atoms with Crippen LogP contribution in [0.2, 0.25) is 0 Å². The summed E-state index contributed by atoms with van der Waals surface area (Å²) in [6.45, 7) is 3.72. The monoisotopic (exact) mass is 353 g/mol. The maximum Gasteiger partial charge on any atom is 0.173 e. The third-order valence-corrected chi connectivity index (χ3v) is 4.59. The van der Waals surface area contributed by atoms with Crippen molar-refractivity contribution in [1.29, 1.82) is 0 Å². The quantitative estimate of drug-likeness (QED) is 0.847. The molecule has 4 nitrogen and oxygen atoms in total. The van der Waals surface area contributed by atoms with E-state index < -0.39 is 0 Å². The summed E-state index contributed by atoms with van der Waals surface area (Å²) >= 11 is 5.57. The van der Waals surface area contributed by atoms with Crippen LogP contribution in [0.3, 0.4) is 0 Å². The Morgan fingerprint density at radius 1 is 1.00 bits per heavy atom. The van der Waals surface area contributed by atoms with Gasteiger partial charge >= 0.3 is 0 Å². The Morgan fingerprint density at radius 2 is 1.68 bits per heavy atom. The van der Waals surface area contributed by atoms with Crippen molar-refractivity contribution in [2.75, 3.05) is 38.6 Å². The third kappa shape index (κ3) is 4.73. The summed E-state index contributed by atoms with van der Waals surface area (Å²) in [5, 5.41) is 4.05. The molecule has 2 aromatic rings. The van der Waals surface area contributed by atoms with Gasteiger partial charge in [0, 0.05) is 26.2 Å². The molecule has 5 heteroatoms. The van der Waals surface area contributed by atoms with Gasteiger partial charge in [-0.15, -0.1) is 0 Å². The molecule has 1 fully saturated rings. The molecule has 0 saturated carbocycles. The summed E-state index contributed by atoms with van der Waals surface area (Å²) in [5.74, 6) is 0.800. The van der Waals surface area contributed by atoms with Gasteiger partial charge in [0.1, 0.15) is 5.75 Å². The van der Waals surface area contributed by atoms with E-state index in [0.29, 0.717) is 0 Å². The number of hydrogen-bond donors (Lipinski definition) is 1. The summed E-state index contributed by atoms with van der Waals surface area (Å²) < 4.78 is 5.37. The van der Waals surface area contributed by atoms with Crippen LogP contribution in [0.1, 0.15) is 5.56 Å². The first-order valence-corrected chi connectivity index (χ1v) is 8.83. The fourth-order valence-corrected chi connectivity index (χ4v) is 3.06. The maximum absolute atomic E-state index is 5.57. The summed E-state index contributed by atoms with van der Waals surface area (Å²) in [6, 6.07) is 18.2. The van der Waals surface area contributed by atoms with Gasteiger partial charge in [0.05, 0.1) is 12.8 Å². The smallest absolute Gasteiger partial charge is 0.173 e. The van der Waals surface area contributed by atoms with E-state index >= 15 is 0 Å². The highest BCUT2D eigenvalue weighted by Gasteiger charge is 2.17. The number of rotatable bonds is 4. The Balaban J connectivity index is 1.51. The second-order valence-electron chi connectivity index (χ2n) is 5.88. The van der Waals surface area contributed by atoms with E-state index in [1.165, 1.54) is 5.56 Å². The van der Waals surface area contributed by atoms with Crippen molar-refractivity contribution in [3.8, 4) is 5.75 Å². The molecule has 3 rings (SSSR count). The molecule has 0 radical (unpaired) electrons. The first-order chi connectivity index (χ1) is 12.3. The Hall–Kier alpha value is -2.53. The van der Waals surface area contributed by atoms with Gasteiger partial charge in [-0.1, -0.05) is 42.5 Å². The number of ether oxygens (including phenoxy) is 1. The molecule has 0 bridgehead atoms. The number of methoxy groups -OCH3 is 1. The summed E-state index contributed by atoms with van der Waals surface area (Å²) in [7, 11) is 1.67. The highest BCUT2D eigenvalue weighted by Crippen LogP contribution is 2.23. The van der Waals surface area contributed by atoms with Crippen LogP contribution >= 0.6 is 12.2 Å². The first kappa shape index (κ1) is 17.3. The van der Waals surface area contributed by atoms with Gasteiger partial charge in [-0.25, -0.2) is 0 Å². The lowest BCUT2D eigenvalue weighted by Gasteiger charge is -2.35. The SMILES string of the molecule is COc1ccccc1NC(=S)N1CCN(/C=C/c2ccccc2)CC1. The number of nitrogens with zero attached hydrogens (tertiary/aromatic N) is 2. The second-order valence-corrected chi connectivity index (χ2v) is 6.27. The lowest BCUT2D eigenvalue weighted by Crippen LogP contribution is -2.48. The van der Waals surface area contributed by atoms with Crippen molar-refractivity contribution < 1.29 is 4.74 Å². The Labute approximate surface area is 154 Å². The van der Waals surface area contributed by atoms with Gasteiger partial charge in [0.15, 0.2) is 5.11 Å². The van der Waals surface area contributed by atoms with E-state index in [0.717, 1.165) is 42.7 Å². The van der Waals surface area contributed by atoms with Crippen molar-refractivity contribution in [2.24, 2.45) is 0 Å². The van der Waals surface area contributed by atoms with E-state index in [1.807, 2.05) is 30.3 Å². The van der Waals surface area contributed by atoms with E-state index in [-0.39, 0.29) is 0 Å². The standard InChI is InChI=1S/C20H23N3OS/c1-24-19-10-6-5-9-18(19)21-20(25)23-15-13-22(14-16-23)12-11-17-7-3-2-4-8-17/h2-12H,13-16H2,1H3,(H,21,25)/b12-11+. The van der Waals surface area contributed by atoms with Gasteiger partial charge < -0.3 is 19.9 Å². The molecule has 0 amide bonds. The molecule has 0 atom stereocenters. The first-order valence-electron chi connectivity index (χ1n) is 8.42. The fraction of sp³-hybridized carbons (Fsp3) is 0.250. The molecule has 2 aromatic carbocycles. The van der Waals surface area contributed by atoms with E-state index in [2.05, 4.69) is 51.7 Å². The molecule has 1 aliphatic rings. The molecule has 0 unspecified atom stereocenters. The molecular weight excluding hydrogens is 330 g/mol. The van der Waals surface area contributed by atoms with Crippen molar-refractivity contribution in [1.82, 2.24) is 9.80 Å². The Morgan fingerprint density at radius 3 is 2.40 bits per heavy atom. The molecule has 1 aliphatic heterocycles. The van der Waals surface area contributed by atoms with Crippen LogP contribution in [-0.2, 0) is 0 Å². The van der Waals surface area contributed by atoms with Crippen LogP contribution in [0.5, 0.6) is 5.75 Å². The molecule has 1 N–H and O–H groups in total. The molecular formula is C20H23N3OS. The minimum absolute atomic E-state index is 0.746. The fourth-order valence-electron chi connectivity index (χ4n) is 2.77. The van der Waals surface area contributed by atoms with Crippen LogP contribution in [0.25, 0.3) is 6.08 Å². The zero-order chi connectivity index (χ0) is 17.5.